The average Bonchev–Trinajstić information content (AvgIpc) is 3.00. The summed E-state index contributed by atoms with van der Waals surface area (Å²) in [5.41, 5.74) is -3.50. The van der Waals surface area contributed by atoms with E-state index in [-0.39, 0.29) is 6.07 Å². The number of aromatic nitrogens is 3. The molecule has 2 rings (SSSR count). The quantitative estimate of drug-likeness (QED) is 0.393. The van der Waals surface area contributed by atoms with Crippen LogP contribution in [0.15, 0.2) is 29.6 Å². The molecular weight excluding hydrogens is 416 g/mol. The summed E-state index contributed by atoms with van der Waals surface area (Å²) in [6.07, 6.45) is -8.52. The number of hydrogen-bond donors (Lipinski definition) is 0. The molecule has 0 saturated carbocycles. The van der Waals surface area contributed by atoms with Crippen molar-refractivity contribution >= 4 is 23.8 Å². The molecule has 5 nitrogen and oxygen atoms in total. The van der Waals surface area contributed by atoms with Gasteiger partial charge in [0.05, 0.1) is 23.4 Å². The van der Waals surface area contributed by atoms with Gasteiger partial charge in [0.15, 0.2) is 5.82 Å². The summed E-state index contributed by atoms with van der Waals surface area (Å²) in [5, 5.41) is 3.32. The van der Waals surface area contributed by atoms with E-state index in [9.17, 15) is 31.1 Å². The van der Waals surface area contributed by atoms with Gasteiger partial charge in [-0.15, -0.1) is 5.10 Å². The molecule has 1 aromatic carbocycles. The summed E-state index contributed by atoms with van der Waals surface area (Å²) in [6, 6.07) is 0.986. The highest BCUT2D eigenvalue weighted by molar-refractivity contribution is 6.42. The van der Waals surface area contributed by atoms with Crippen LogP contribution in [0.4, 0.5) is 26.3 Å². The number of halogens is 7. The Balaban J connectivity index is 2.43. The number of alkyl halides is 6. The first-order chi connectivity index (χ1) is 12.8. The Bertz CT molecular complexity index is 870. The van der Waals surface area contributed by atoms with Crippen molar-refractivity contribution in [1.29, 1.82) is 0 Å². The molecule has 0 unspecified atom stereocenters. The molecule has 0 aliphatic heterocycles. The van der Waals surface area contributed by atoms with Gasteiger partial charge < -0.3 is 4.74 Å². The first-order valence-corrected chi connectivity index (χ1v) is 7.94. The van der Waals surface area contributed by atoms with Gasteiger partial charge >= 0.3 is 18.3 Å². The van der Waals surface area contributed by atoms with Gasteiger partial charge in [-0.1, -0.05) is 11.6 Å². The number of benzene rings is 1. The highest BCUT2D eigenvalue weighted by Gasteiger charge is 2.37. The SMILES string of the molecule is CC(C)OC(=O)/C(Cl)=C\n1cnc(-c2cc(C(F)(F)F)cc(C(F)(F)F)c2)n1. The van der Waals surface area contributed by atoms with Crippen molar-refractivity contribution in [3.8, 4) is 11.4 Å². The van der Waals surface area contributed by atoms with E-state index in [0.717, 1.165) is 17.2 Å². The molecule has 0 radical (unpaired) electrons. The first-order valence-electron chi connectivity index (χ1n) is 7.56. The second kappa shape index (κ2) is 7.82. The summed E-state index contributed by atoms with van der Waals surface area (Å²) in [4.78, 5) is 15.3. The zero-order chi connectivity index (χ0) is 21.3. The fourth-order valence-electron chi connectivity index (χ4n) is 1.99. The Labute approximate surface area is 159 Å². The van der Waals surface area contributed by atoms with E-state index in [4.69, 9.17) is 16.3 Å². The number of carbonyl (C=O) groups excluding carboxylic acids is 1. The van der Waals surface area contributed by atoms with E-state index in [1.807, 2.05) is 0 Å². The van der Waals surface area contributed by atoms with Gasteiger partial charge in [0.25, 0.3) is 0 Å². The Hall–Kier alpha value is -2.56. The van der Waals surface area contributed by atoms with Crippen LogP contribution in [0.3, 0.4) is 0 Å². The predicted molar refractivity (Wildman–Crippen MR) is 86.8 cm³/mol. The number of rotatable bonds is 4. The third kappa shape index (κ3) is 5.47. The normalized spacial score (nSPS) is 13.1. The number of nitrogens with zero attached hydrogens (tertiary/aromatic N) is 3. The zero-order valence-corrected chi connectivity index (χ0v) is 15.0. The third-order valence-corrected chi connectivity index (χ3v) is 3.39. The third-order valence-electron chi connectivity index (χ3n) is 3.14. The van der Waals surface area contributed by atoms with Crippen molar-refractivity contribution in [2.75, 3.05) is 0 Å². The highest BCUT2D eigenvalue weighted by atomic mass is 35.5. The Morgan fingerprint density at radius 1 is 1.11 bits per heavy atom. The van der Waals surface area contributed by atoms with Crippen LogP contribution in [-0.4, -0.2) is 26.8 Å². The van der Waals surface area contributed by atoms with Gasteiger partial charge in [0.1, 0.15) is 11.4 Å². The van der Waals surface area contributed by atoms with E-state index in [0.29, 0.717) is 12.1 Å². The van der Waals surface area contributed by atoms with Gasteiger partial charge in [0, 0.05) is 5.56 Å². The molecule has 1 aromatic heterocycles. The zero-order valence-electron chi connectivity index (χ0n) is 14.3. The fourth-order valence-corrected chi connectivity index (χ4v) is 2.14. The summed E-state index contributed by atoms with van der Waals surface area (Å²) in [7, 11) is 0. The van der Waals surface area contributed by atoms with Crippen LogP contribution < -0.4 is 0 Å². The van der Waals surface area contributed by atoms with E-state index in [1.54, 1.807) is 13.8 Å². The number of hydrogen-bond acceptors (Lipinski definition) is 4. The molecule has 28 heavy (non-hydrogen) atoms. The summed E-state index contributed by atoms with van der Waals surface area (Å²) < 4.78 is 83.3. The van der Waals surface area contributed by atoms with Gasteiger partial charge in [-0.25, -0.2) is 14.5 Å². The minimum atomic E-state index is -5.00. The molecule has 1 heterocycles. The lowest BCUT2D eigenvalue weighted by Gasteiger charge is -2.13. The maximum absolute atomic E-state index is 12.9. The molecule has 0 N–H and O–H groups in total. The standard InChI is InChI=1S/C16H12ClF6N3O2/c1-8(2)28-14(27)12(17)6-26-7-24-13(25-26)9-3-10(15(18,19)20)5-11(4-9)16(21,22)23/h3-8H,1-2H3/b12-6+. The number of ether oxygens (including phenoxy) is 1. The summed E-state index contributed by atoms with van der Waals surface area (Å²) in [6.45, 7) is 3.17. The highest BCUT2D eigenvalue weighted by Crippen LogP contribution is 2.38. The van der Waals surface area contributed by atoms with Crippen molar-refractivity contribution in [2.45, 2.75) is 32.3 Å². The molecule has 0 saturated heterocycles. The van der Waals surface area contributed by atoms with Crippen LogP contribution in [0.1, 0.15) is 25.0 Å². The maximum Gasteiger partial charge on any atom is 0.416 e. The van der Waals surface area contributed by atoms with Crippen molar-refractivity contribution in [3.63, 3.8) is 0 Å². The lowest BCUT2D eigenvalue weighted by atomic mass is 10.0. The molecule has 0 aliphatic rings. The Morgan fingerprint density at radius 3 is 2.11 bits per heavy atom. The van der Waals surface area contributed by atoms with E-state index in [1.165, 1.54) is 0 Å². The summed E-state index contributed by atoms with van der Waals surface area (Å²) in [5.74, 6) is -1.30. The number of esters is 1. The molecule has 0 aliphatic carbocycles. The molecule has 152 valence electrons. The summed E-state index contributed by atoms with van der Waals surface area (Å²) >= 11 is 5.74. The number of carbonyl (C=O) groups is 1. The molecule has 0 amide bonds. The van der Waals surface area contributed by atoms with Crippen molar-refractivity contribution in [2.24, 2.45) is 0 Å². The first kappa shape index (κ1) is 21.7. The largest absolute Gasteiger partial charge is 0.459 e. The maximum atomic E-state index is 12.9. The van der Waals surface area contributed by atoms with Crippen molar-refractivity contribution < 1.29 is 35.9 Å². The van der Waals surface area contributed by atoms with Crippen LogP contribution in [0.25, 0.3) is 17.6 Å². The van der Waals surface area contributed by atoms with Crippen LogP contribution >= 0.6 is 11.6 Å². The molecule has 12 heteroatoms. The van der Waals surface area contributed by atoms with E-state index >= 15 is 0 Å². The predicted octanol–water partition coefficient (Wildman–Crippen LogP) is 4.97. The molecule has 0 spiro atoms. The second-order valence-corrected chi connectivity index (χ2v) is 6.18. The van der Waals surface area contributed by atoms with Gasteiger partial charge in [-0.2, -0.15) is 26.3 Å². The van der Waals surface area contributed by atoms with E-state index in [2.05, 4.69) is 10.1 Å². The van der Waals surface area contributed by atoms with Crippen LogP contribution in [0.2, 0.25) is 0 Å². The molecule has 0 fully saturated rings. The van der Waals surface area contributed by atoms with Crippen LogP contribution in [0.5, 0.6) is 0 Å². The second-order valence-electron chi connectivity index (χ2n) is 5.77. The molecular formula is C16H12ClF6N3O2. The monoisotopic (exact) mass is 427 g/mol. The fraction of sp³-hybridized carbons (Fsp3) is 0.312. The Morgan fingerprint density at radius 2 is 1.64 bits per heavy atom. The lowest BCUT2D eigenvalue weighted by Crippen LogP contribution is -2.11. The smallest absolute Gasteiger partial charge is 0.416 e. The lowest BCUT2D eigenvalue weighted by molar-refractivity contribution is -0.143. The minimum Gasteiger partial charge on any atom is -0.459 e. The van der Waals surface area contributed by atoms with Crippen molar-refractivity contribution in [1.82, 2.24) is 14.8 Å². The van der Waals surface area contributed by atoms with Gasteiger partial charge in [-0.3, -0.25) is 0 Å². The van der Waals surface area contributed by atoms with Crippen molar-refractivity contribution in [3.05, 3.63) is 40.7 Å². The average molecular weight is 428 g/mol. The Kier molecular flexibility index (Phi) is 6.07. The van der Waals surface area contributed by atoms with Crippen LogP contribution in [-0.2, 0) is 21.9 Å². The molecule has 2 aromatic rings. The van der Waals surface area contributed by atoms with Gasteiger partial charge in [0.2, 0.25) is 0 Å². The topological polar surface area (TPSA) is 57.0 Å². The molecule has 0 bridgehead atoms. The molecule has 0 atom stereocenters. The van der Waals surface area contributed by atoms with Gasteiger partial charge in [-0.05, 0) is 32.0 Å². The minimum absolute atomic E-state index is 0.000807. The van der Waals surface area contributed by atoms with Crippen LogP contribution in [0, 0.1) is 0 Å². The van der Waals surface area contributed by atoms with E-state index < -0.39 is 52.0 Å².